The molecular formula is C15H30O3Si. The van der Waals surface area contributed by atoms with Crippen LogP contribution in [0.5, 0.6) is 0 Å². The summed E-state index contributed by atoms with van der Waals surface area (Å²) in [5, 5.41) is 8.81. The molecule has 0 aliphatic carbocycles. The molecule has 0 saturated carbocycles. The first kappa shape index (κ1) is 18.4. The summed E-state index contributed by atoms with van der Waals surface area (Å²) >= 11 is 0. The third kappa shape index (κ3) is 7.53. The molecule has 0 saturated heterocycles. The standard InChI is InChI=1S/C15H30O3Si/c1-14(2,3)19(6,7)18-12-11-15(4,5)10-8-9-13(16)17/h8-9H,10-12H2,1-7H3,(H,16,17). The molecule has 0 bridgehead atoms. The third-order valence-electron chi connectivity index (χ3n) is 3.98. The number of allylic oxidation sites excluding steroid dienone is 1. The Morgan fingerprint density at radius 2 is 1.74 bits per heavy atom. The Morgan fingerprint density at radius 1 is 1.21 bits per heavy atom. The van der Waals surface area contributed by atoms with E-state index in [1.165, 1.54) is 6.08 Å². The Morgan fingerprint density at radius 3 is 2.16 bits per heavy atom. The minimum absolute atomic E-state index is 0.0777. The smallest absolute Gasteiger partial charge is 0.327 e. The molecule has 0 fully saturated rings. The average molecular weight is 286 g/mol. The molecule has 19 heavy (non-hydrogen) atoms. The zero-order chi connectivity index (χ0) is 15.3. The van der Waals surface area contributed by atoms with Gasteiger partial charge in [-0.25, -0.2) is 4.79 Å². The van der Waals surface area contributed by atoms with E-state index in [0.29, 0.717) is 0 Å². The van der Waals surface area contributed by atoms with Crippen LogP contribution in [0, 0.1) is 5.41 Å². The molecule has 4 heteroatoms. The van der Waals surface area contributed by atoms with Crippen molar-refractivity contribution in [1.82, 2.24) is 0 Å². The second kappa shape index (κ2) is 6.71. The normalized spacial score (nSPS) is 14.1. The first-order valence-corrected chi connectivity index (χ1v) is 9.82. The van der Waals surface area contributed by atoms with Gasteiger partial charge in [0.25, 0.3) is 0 Å². The molecule has 3 nitrogen and oxygen atoms in total. The number of rotatable bonds is 7. The summed E-state index contributed by atoms with van der Waals surface area (Å²) in [4.78, 5) is 10.4. The second-order valence-corrected chi connectivity index (χ2v) is 12.3. The molecule has 0 rings (SSSR count). The number of hydrogen-bond donors (Lipinski definition) is 1. The van der Waals surface area contributed by atoms with Crippen molar-refractivity contribution in [2.45, 2.75) is 65.6 Å². The largest absolute Gasteiger partial charge is 0.478 e. The molecule has 0 aliphatic heterocycles. The highest BCUT2D eigenvalue weighted by atomic mass is 28.4. The lowest BCUT2D eigenvalue weighted by Crippen LogP contribution is -2.41. The SMILES string of the molecule is CC(C)(CC=CC(=O)O)CCO[Si](C)(C)C(C)(C)C. The van der Waals surface area contributed by atoms with E-state index >= 15 is 0 Å². The van der Waals surface area contributed by atoms with Crippen LogP contribution in [0.1, 0.15) is 47.5 Å². The maximum Gasteiger partial charge on any atom is 0.327 e. The molecular weight excluding hydrogens is 256 g/mol. The molecule has 0 aromatic carbocycles. The quantitative estimate of drug-likeness (QED) is 0.555. The zero-order valence-corrected chi connectivity index (χ0v) is 14.5. The number of carbonyl (C=O) groups is 1. The fourth-order valence-electron chi connectivity index (χ4n) is 1.38. The maximum absolute atomic E-state index is 10.4. The van der Waals surface area contributed by atoms with Crippen LogP contribution < -0.4 is 0 Å². The van der Waals surface area contributed by atoms with Crippen molar-refractivity contribution in [3.8, 4) is 0 Å². The van der Waals surface area contributed by atoms with E-state index < -0.39 is 14.3 Å². The molecule has 0 atom stereocenters. The van der Waals surface area contributed by atoms with Crippen molar-refractivity contribution < 1.29 is 14.3 Å². The second-order valence-electron chi connectivity index (χ2n) is 7.47. The number of hydrogen-bond acceptors (Lipinski definition) is 2. The van der Waals surface area contributed by atoms with E-state index in [1.54, 1.807) is 6.08 Å². The van der Waals surface area contributed by atoms with Crippen LogP contribution >= 0.6 is 0 Å². The van der Waals surface area contributed by atoms with E-state index in [1.807, 2.05) is 0 Å². The summed E-state index contributed by atoms with van der Waals surface area (Å²) in [7, 11) is -1.67. The van der Waals surface area contributed by atoms with E-state index in [-0.39, 0.29) is 10.5 Å². The zero-order valence-electron chi connectivity index (χ0n) is 13.5. The lowest BCUT2D eigenvalue weighted by Gasteiger charge is -2.37. The Labute approximate surface area is 119 Å². The van der Waals surface area contributed by atoms with E-state index in [0.717, 1.165) is 19.4 Å². The molecule has 0 aromatic rings. The molecule has 0 unspecified atom stereocenters. The van der Waals surface area contributed by atoms with Gasteiger partial charge in [-0.15, -0.1) is 0 Å². The average Bonchev–Trinajstić information content (AvgIpc) is 2.13. The molecule has 1 N–H and O–H groups in total. The monoisotopic (exact) mass is 286 g/mol. The van der Waals surface area contributed by atoms with Crippen LogP contribution in [0.4, 0.5) is 0 Å². The van der Waals surface area contributed by atoms with Crippen LogP contribution in [-0.4, -0.2) is 26.0 Å². The van der Waals surface area contributed by atoms with Crippen molar-refractivity contribution >= 4 is 14.3 Å². The lowest BCUT2D eigenvalue weighted by molar-refractivity contribution is -0.131. The summed E-state index contributed by atoms with van der Waals surface area (Å²) in [6.07, 6.45) is 4.66. The Kier molecular flexibility index (Phi) is 6.49. The van der Waals surface area contributed by atoms with Gasteiger partial charge in [-0.3, -0.25) is 0 Å². The van der Waals surface area contributed by atoms with Crippen molar-refractivity contribution in [3.05, 3.63) is 12.2 Å². The molecule has 0 amide bonds. The molecule has 0 aromatic heterocycles. The fraction of sp³-hybridized carbons (Fsp3) is 0.800. The van der Waals surface area contributed by atoms with Gasteiger partial charge >= 0.3 is 5.97 Å². The maximum atomic E-state index is 10.4. The highest BCUT2D eigenvalue weighted by Crippen LogP contribution is 2.37. The molecule has 112 valence electrons. The predicted octanol–water partition coefficient (Wildman–Crippen LogP) is 4.46. The van der Waals surface area contributed by atoms with Gasteiger partial charge in [0.15, 0.2) is 8.32 Å². The molecule has 0 aliphatic rings. The fourth-order valence-corrected chi connectivity index (χ4v) is 2.43. The van der Waals surface area contributed by atoms with Gasteiger partial charge in [0.05, 0.1) is 0 Å². The Bertz CT molecular complexity index is 325. The van der Waals surface area contributed by atoms with Crippen molar-refractivity contribution in [1.29, 1.82) is 0 Å². The number of aliphatic carboxylic acids is 1. The molecule has 0 spiro atoms. The lowest BCUT2D eigenvalue weighted by atomic mass is 9.86. The minimum atomic E-state index is -1.67. The van der Waals surface area contributed by atoms with Crippen molar-refractivity contribution in [2.24, 2.45) is 5.41 Å². The Hall–Kier alpha value is -0.613. The summed E-state index contributed by atoms with van der Waals surface area (Å²) in [6, 6.07) is 0. The van der Waals surface area contributed by atoms with Gasteiger partial charge in [0.2, 0.25) is 0 Å². The van der Waals surface area contributed by atoms with Crippen LogP contribution in [0.3, 0.4) is 0 Å². The highest BCUT2D eigenvalue weighted by molar-refractivity contribution is 6.74. The van der Waals surface area contributed by atoms with E-state index in [2.05, 4.69) is 47.7 Å². The minimum Gasteiger partial charge on any atom is -0.478 e. The molecule has 0 radical (unpaired) electrons. The van der Waals surface area contributed by atoms with Gasteiger partial charge in [0, 0.05) is 12.7 Å². The van der Waals surface area contributed by atoms with Gasteiger partial charge in [-0.05, 0) is 36.4 Å². The van der Waals surface area contributed by atoms with Gasteiger partial charge in [-0.2, -0.15) is 0 Å². The summed E-state index contributed by atoms with van der Waals surface area (Å²) in [5.74, 6) is -0.881. The summed E-state index contributed by atoms with van der Waals surface area (Å²) in [5.41, 5.74) is 0.0777. The first-order valence-electron chi connectivity index (χ1n) is 6.91. The highest BCUT2D eigenvalue weighted by Gasteiger charge is 2.37. The number of carboxylic acid groups (broad SMARTS) is 1. The van der Waals surface area contributed by atoms with Gasteiger partial charge < -0.3 is 9.53 Å². The van der Waals surface area contributed by atoms with E-state index in [4.69, 9.17) is 9.53 Å². The van der Waals surface area contributed by atoms with Gasteiger partial charge in [0.1, 0.15) is 0 Å². The predicted molar refractivity (Wildman–Crippen MR) is 82.9 cm³/mol. The van der Waals surface area contributed by atoms with Crippen LogP contribution in [0.25, 0.3) is 0 Å². The third-order valence-corrected chi connectivity index (χ3v) is 8.52. The van der Waals surface area contributed by atoms with E-state index in [9.17, 15) is 4.79 Å². The van der Waals surface area contributed by atoms with Gasteiger partial charge in [-0.1, -0.05) is 40.7 Å². The van der Waals surface area contributed by atoms with Crippen LogP contribution in [0.15, 0.2) is 12.2 Å². The molecule has 0 heterocycles. The number of carboxylic acids is 1. The van der Waals surface area contributed by atoms with Crippen LogP contribution in [0.2, 0.25) is 18.1 Å². The van der Waals surface area contributed by atoms with Crippen molar-refractivity contribution in [3.63, 3.8) is 0 Å². The summed E-state index contributed by atoms with van der Waals surface area (Å²) in [6.45, 7) is 16.3. The van der Waals surface area contributed by atoms with Crippen LogP contribution in [-0.2, 0) is 9.22 Å². The summed E-state index contributed by atoms with van der Waals surface area (Å²) < 4.78 is 6.16. The van der Waals surface area contributed by atoms with Crippen molar-refractivity contribution in [2.75, 3.05) is 6.61 Å². The first-order chi connectivity index (χ1) is 8.37. The Balaban J connectivity index is 4.22. The topological polar surface area (TPSA) is 46.5 Å².